The van der Waals surface area contributed by atoms with Gasteiger partial charge < -0.3 is 19.7 Å². The van der Waals surface area contributed by atoms with Crippen molar-refractivity contribution in [2.24, 2.45) is 0 Å². The fraction of sp³-hybridized carbons (Fsp3) is 0.391. The van der Waals surface area contributed by atoms with Crippen LogP contribution >= 0.6 is 0 Å². The molecule has 2 aromatic rings. The molecule has 1 saturated heterocycles. The van der Waals surface area contributed by atoms with Crippen LogP contribution in [0.4, 0.5) is 11.4 Å². The third-order valence-corrected chi connectivity index (χ3v) is 7.62. The van der Waals surface area contributed by atoms with Gasteiger partial charge in [-0.2, -0.15) is 4.31 Å². The molecule has 9 nitrogen and oxygen atoms in total. The second-order valence-corrected chi connectivity index (χ2v) is 9.35. The molecule has 1 aliphatic rings. The van der Waals surface area contributed by atoms with Crippen molar-refractivity contribution in [3.05, 3.63) is 42.0 Å². The van der Waals surface area contributed by atoms with E-state index in [-0.39, 0.29) is 22.1 Å². The Balaban J connectivity index is 1.89. The summed E-state index contributed by atoms with van der Waals surface area (Å²) in [6.07, 6.45) is 1.29. The van der Waals surface area contributed by atoms with Crippen LogP contribution in [0.15, 0.2) is 41.3 Å². The minimum Gasteiger partial charge on any atom is -0.495 e. The molecule has 0 aliphatic carbocycles. The van der Waals surface area contributed by atoms with Gasteiger partial charge in [0.2, 0.25) is 15.9 Å². The molecule has 178 valence electrons. The minimum absolute atomic E-state index is 0.0326. The van der Waals surface area contributed by atoms with Gasteiger partial charge in [0.15, 0.2) is 0 Å². The van der Waals surface area contributed by atoms with E-state index in [4.69, 9.17) is 9.47 Å². The zero-order valence-corrected chi connectivity index (χ0v) is 20.1. The van der Waals surface area contributed by atoms with Gasteiger partial charge in [-0.25, -0.2) is 8.42 Å². The van der Waals surface area contributed by atoms with Crippen molar-refractivity contribution in [2.45, 2.75) is 31.6 Å². The molecule has 0 unspecified atom stereocenters. The molecule has 1 heterocycles. The third kappa shape index (κ3) is 4.96. The van der Waals surface area contributed by atoms with Crippen molar-refractivity contribution in [3.8, 4) is 11.5 Å². The van der Waals surface area contributed by atoms with Gasteiger partial charge in [0.25, 0.3) is 5.91 Å². The first-order valence-corrected chi connectivity index (χ1v) is 12.2. The van der Waals surface area contributed by atoms with Crippen molar-refractivity contribution in [3.63, 3.8) is 0 Å². The third-order valence-electron chi connectivity index (χ3n) is 5.55. The average molecular weight is 476 g/mol. The number of hydrogen-bond donors (Lipinski definition) is 1. The highest BCUT2D eigenvalue weighted by Crippen LogP contribution is 2.34. The van der Waals surface area contributed by atoms with E-state index in [2.05, 4.69) is 5.32 Å². The first-order valence-electron chi connectivity index (χ1n) is 10.7. The number of nitrogens with one attached hydrogen (secondary N) is 1. The van der Waals surface area contributed by atoms with Crippen LogP contribution in [0.1, 0.15) is 37.0 Å². The molecule has 0 spiro atoms. The van der Waals surface area contributed by atoms with E-state index in [1.54, 1.807) is 36.9 Å². The lowest BCUT2D eigenvalue weighted by atomic mass is 10.2. The van der Waals surface area contributed by atoms with Gasteiger partial charge in [-0.15, -0.1) is 0 Å². The predicted molar refractivity (Wildman–Crippen MR) is 126 cm³/mol. The number of amides is 2. The van der Waals surface area contributed by atoms with Crippen LogP contribution in [0.3, 0.4) is 0 Å². The van der Waals surface area contributed by atoms with Crippen molar-refractivity contribution in [1.29, 1.82) is 0 Å². The Kier molecular flexibility index (Phi) is 7.60. The number of hydrogen-bond acceptors (Lipinski definition) is 6. The van der Waals surface area contributed by atoms with E-state index in [0.717, 1.165) is 6.42 Å². The van der Waals surface area contributed by atoms with Gasteiger partial charge in [-0.1, -0.05) is 13.8 Å². The number of ether oxygens (including phenoxy) is 2. The molecule has 2 aromatic carbocycles. The van der Waals surface area contributed by atoms with Crippen LogP contribution in [-0.4, -0.2) is 58.4 Å². The molecule has 1 aliphatic heterocycles. The molecule has 3 rings (SSSR count). The van der Waals surface area contributed by atoms with E-state index in [1.807, 2.05) is 0 Å². The van der Waals surface area contributed by atoms with Gasteiger partial charge in [-0.3, -0.25) is 9.59 Å². The molecule has 0 saturated carbocycles. The van der Waals surface area contributed by atoms with Crippen molar-refractivity contribution >= 4 is 33.2 Å². The standard InChI is InChI=1S/C23H29N3O6S/c1-5-25(6-2)33(29,30)21-14-16(9-12-19(21)31-3)23(28)24-17-10-11-18(20(15-17)32-4)26-13-7-8-22(26)27/h9-12,14-15H,5-8,13H2,1-4H3,(H,24,28). The molecule has 0 aromatic heterocycles. The van der Waals surface area contributed by atoms with Gasteiger partial charge in [0.1, 0.15) is 16.4 Å². The molecule has 0 bridgehead atoms. The molecule has 10 heteroatoms. The average Bonchev–Trinajstić information content (AvgIpc) is 3.24. The maximum atomic E-state index is 13.0. The molecule has 1 fully saturated rings. The number of rotatable bonds is 9. The van der Waals surface area contributed by atoms with Crippen LogP contribution in [0.2, 0.25) is 0 Å². The first kappa shape index (κ1) is 24.5. The summed E-state index contributed by atoms with van der Waals surface area (Å²) in [4.78, 5) is 26.6. The summed E-state index contributed by atoms with van der Waals surface area (Å²) in [6, 6.07) is 9.32. The summed E-state index contributed by atoms with van der Waals surface area (Å²) in [5, 5.41) is 2.76. The molecular formula is C23H29N3O6S. The zero-order valence-electron chi connectivity index (χ0n) is 19.3. The number of carbonyl (C=O) groups excluding carboxylic acids is 2. The van der Waals surface area contributed by atoms with Crippen molar-refractivity contribution in [2.75, 3.05) is 44.1 Å². The summed E-state index contributed by atoms with van der Waals surface area (Å²) in [6.45, 7) is 4.71. The first-order chi connectivity index (χ1) is 15.8. The number of carbonyl (C=O) groups is 2. The van der Waals surface area contributed by atoms with E-state index in [1.165, 1.54) is 36.7 Å². The van der Waals surface area contributed by atoms with Crippen LogP contribution in [0, 0.1) is 0 Å². The van der Waals surface area contributed by atoms with Crippen LogP contribution in [0.25, 0.3) is 0 Å². The highest BCUT2D eigenvalue weighted by Gasteiger charge is 2.27. The number of methoxy groups -OCH3 is 2. The Morgan fingerprint density at radius 1 is 1.06 bits per heavy atom. The SMILES string of the molecule is CCN(CC)S(=O)(=O)c1cc(C(=O)Nc2ccc(N3CCCC3=O)c(OC)c2)ccc1OC. The van der Waals surface area contributed by atoms with Gasteiger partial charge in [0, 0.05) is 43.4 Å². The van der Waals surface area contributed by atoms with Crippen LogP contribution < -0.4 is 19.7 Å². The van der Waals surface area contributed by atoms with Crippen molar-refractivity contribution < 1.29 is 27.5 Å². The molecular weight excluding hydrogens is 446 g/mol. The second-order valence-electron chi connectivity index (χ2n) is 7.44. The fourth-order valence-electron chi connectivity index (χ4n) is 3.81. The quantitative estimate of drug-likeness (QED) is 0.598. The molecule has 1 N–H and O–H groups in total. The maximum absolute atomic E-state index is 13.0. The van der Waals surface area contributed by atoms with Crippen LogP contribution in [0.5, 0.6) is 11.5 Å². The summed E-state index contributed by atoms with van der Waals surface area (Å²) in [5.41, 5.74) is 1.27. The minimum atomic E-state index is -3.83. The Morgan fingerprint density at radius 3 is 2.33 bits per heavy atom. The largest absolute Gasteiger partial charge is 0.495 e. The highest BCUT2D eigenvalue weighted by molar-refractivity contribution is 7.89. The van der Waals surface area contributed by atoms with E-state index in [9.17, 15) is 18.0 Å². The lowest BCUT2D eigenvalue weighted by Gasteiger charge is -2.21. The van der Waals surface area contributed by atoms with Crippen LogP contribution in [-0.2, 0) is 14.8 Å². The number of anilines is 2. The lowest BCUT2D eigenvalue weighted by Crippen LogP contribution is -2.31. The Bertz CT molecular complexity index is 1140. The summed E-state index contributed by atoms with van der Waals surface area (Å²) >= 11 is 0. The van der Waals surface area contributed by atoms with Crippen molar-refractivity contribution in [1.82, 2.24) is 4.31 Å². The zero-order chi connectivity index (χ0) is 24.2. The van der Waals surface area contributed by atoms with E-state index in [0.29, 0.717) is 43.2 Å². The summed E-state index contributed by atoms with van der Waals surface area (Å²) in [7, 11) is -0.950. The lowest BCUT2D eigenvalue weighted by molar-refractivity contribution is -0.117. The van der Waals surface area contributed by atoms with Gasteiger partial charge >= 0.3 is 0 Å². The Morgan fingerprint density at radius 2 is 1.76 bits per heavy atom. The highest BCUT2D eigenvalue weighted by atomic mass is 32.2. The normalized spacial score (nSPS) is 14.0. The van der Waals surface area contributed by atoms with Gasteiger partial charge in [0.05, 0.1) is 19.9 Å². The Labute approximate surface area is 194 Å². The molecule has 2 amide bonds. The summed E-state index contributed by atoms with van der Waals surface area (Å²) < 4.78 is 38.1. The Hall–Kier alpha value is -3.11. The molecule has 33 heavy (non-hydrogen) atoms. The topological polar surface area (TPSA) is 105 Å². The summed E-state index contributed by atoms with van der Waals surface area (Å²) in [5.74, 6) is 0.174. The van der Waals surface area contributed by atoms with Gasteiger partial charge in [-0.05, 0) is 36.8 Å². The fourth-order valence-corrected chi connectivity index (χ4v) is 5.45. The van der Waals surface area contributed by atoms with E-state index >= 15 is 0 Å². The number of benzene rings is 2. The monoisotopic (exact) mass is 475 g/mol. The second kappa shape index (κ2) is 10.2. The molecule has 0 atom stereocenters. The maximum Gasteiger partial charge on any atom is 0.255 e. The molecule has 0 radical (unpaired) electrons. The van der Waals surface area contributed by atoms with E-state index < -0.39 is 15.9 Å². The smallest absolute Gasteiger partial charge is 0.255 e. The predicted octanol–water partition coefficient (Wildman–Crippen LogP) is 3.11. The number of sulfonamides is 1. The number of nitrogens with zero attached hydrogens (tertiary/aromatic N) is 2.